The van der Waals surface area contributed by atoms with Crippen molar-refractivity contribution in [3.05, 3.63) is 77.6 Å². The Hall–Kier alpha value is -3.72. The van der Waals surface area contributed by atoms with Crippen LogP contribution in [-0.4, -0.2) is 36.5 Å². The molecule has 0 saturated carbocycles. The first-order valence-corrected chi connectivity index (χ1v) is 12.1. The van der Waals surface area contributed by atoms with Gasteiger partial charge in [0.1, 0.15) is 5.84 Å². The Kier molecular flexibility index (Phi) is 6.41. The van der Waals surface area contributed by atoms with Crippen LogP contribution < -0.4 is 10.0 Å². The van der Waals surface area contributed by atoms with Gasteiger partial charge >= 0.3 is 0 Å². The Labute approximate surface area is 193 Å². The van der Waals surface area contributed by atoms with E-state index in [0.29, 0.717) is 24.5 Å². The summed E-state index contributed by atoms with van der Waals surface area (Å²) in [6, 6.07) is 15.9. The van der Waals surface area contributed by atoms with Crippen molar-refractivity contribution in [1.82, 2.24) is 14.5 Å². The number of carbonyl (C=O) groups is 1. The van der Waals surface area contributed by atoms with E-state index in [-0.39, 0.29) is 10.8 Å². The van der Waals surface area contributed by atoms with Crippen LogP contribution in [0.15, 0.2) is 70.6 Å². The molecule has 1 amide bonds. The van der Waals surface area contributed by atoms with Crippen LogP contribution in [-0.2, 0) is 14.8 Å². The number of nitrogens with zero attached hydrogens (tertiary/aromatic N) is 3. The van der Waals surface area contributed by atoms with Gasteiger partial charge in [0.15, 0.2) is 0 Å². The molecule has 33 heavy (non-hydrogen) atoms. The third-order valence-electron chi connectivity index (χ3n) is 5.29. The maximum atomic E-state index is 12.6. The average molecular weight is 464 g/mol. The molecule has 4 rings (SSSR count). The topological polar surface area (TPSA) is 105 Å². The normalized spacial score (nSPS) is 13.8. The zero-order chi connectivity index (χ0) is 23.4. The second kappa shape index (κ2) is 9.41. The minimum atomic E-state index is -3.75. The molecule has 8 nitrogen and oxygen atoms in total. The van der Waals surface area contributed by atoms with Crippen molar-refractivity contribution in [3.63, 3.8) is 0 Å². The number of anilines is 1. The second-order valence-electron chi connectivity index (χ2n) is 7.72. The summed E-state index contributed by atoms with van der Waals surface area (Å²) in [5.41, 5.74) is 3.89. The maximum Gasteiger partial charge on any atom is 0.262 e. The number of carbonyl (C=O) groups excluding carboxylic acids is 1. The molecule has 1 aromatic heterocycles. The number of para-hydroxylation sites is 1. The largest absolute Gasteiger partial charge is 0.322 e. The fourth-order valence-corrected chi connectivity index (χ4v) is 4.77. The number of rotatable bonds is 6. The molecule has 0 aliphatic carbocycles. The van der Waals surface area contributed by atoms with E-state index in [1.54, 1.807) is 18.2 Å². The molecular weight excluding hydrogens is 438 g/mol. The molecule has 2 heterocycles. The van der Waals surface area contributed by atoms with E-state index in [1.165, 1.54) is 18.2 Å². The lowest BCUT2D eigenvalue weighted by atomic mass is 10.2. The molecule has 170 valence electrons. The summed E-state index contributed by atoms with van der Waals surface area (Å²) < 4.78 is 29.6. The van der Waals surface area contributed by atoms with Crippen LogP contribution in [0.3, 0.4) is 0 Å². The van der Waals surface area contributed by atoms with Gasteiger partial charge < -0.3 is 5.32 Å². The maximum absolute atomic E-state index is 12.6. The number of benzene rings is 2. The lowest BCUT2D eigenvalue weighted by molar-refractivity contribution is -0.111. The highest BCUT2D eigenvalue weighted by molar-refractivity contribution is 7.90. The molecule has 0 fully saturated rings. The summed E-state index contributed by atoms with van der Waals surface area (Å²) in [5.74, 6) is 0.0955. The molecule has 2 N–H and O–H groups in total. The van der Waals surface area contributed by atoms with Crippen LogP contribution in [0.25, 0.3) is 11.8 Å². The summed E-state index contributed by atoms with van der Waals surface area (Å²) in [5, 5.41) is 7.29. The van der Waals surface area contributed by atoms with E-state index >= 15 is 0 Å². The van der Waals surface area contributed by atoms with Gasteiger partial charge in [0.05, 0.1) is 16.3 Å². The highest BCUT2D eigenvalue weighted by Gasteiger charge is 2.18. The average Bonchev–Trinajstić information content (AvgIpc) is 3.40. The smallest absolute Gasteiger partial charge is 0.262 e. The zero-order valence-corrected chi connectivity index (χ0v) is 19.3. The number of amidine groups is 1. The fourth-order valence-electron chi connectivity index (χ4n) is 3.64. The minimum Gasteiger partial charge on any atom is -0.322 e. The molecule has 3 aromatic rings. The first-order valence-electron chi connectivity index (χ1n) is 10.6. The van der Waals surface area contributed by atoms with Crippen LogP contribution in [0.2, 0.25) is 0 Å². The Bertz CT molecular complexity index is 1340. The number of nitrogens with one attached hydrogen (secondary N) is 2. The van der Waals surface area contributed by atoms with Gasteiger partial charge in [-0.05, 0) is 56.7 Å². The quantitative estimate of drug-likeness (QED) is 0.545. The monoisotopic (exact) mass is 463 g/mol. The molecule has 0 atom stereocenters. The number of aliphatic imine (C=N–C) groups is 1. The van der Waals surface area contributed by atoms with Crippen LogP contribution in [0.5, 0.6) is 0 Å². The predicted octanol–water partition coefficient (Wildman–Crippen LogP) is 3.61. The molecule has 0 unspecified atom stereocenters. The van der Waals surface area contributed by atoms with Crippen LogP contribution in [0.1, 0.15) is 29.8 Å². The third kappa shape index (κ3) is 5.20. The van der Waals surface area contributed by atoms with Gasteiger partial charge in [-0.3, -0.25) is 14.5 Å². The van der Waals surface area contributed by atoms with Crippen LogP contribution >= 0.6 is 0 Å². The third-order valence-corrected chi connectivity index (χ3v) is 6.67. The standard InChI is InChI=1S/C24H25N5O3S/c1-17-22(18(2)29(27-17)20-9-4-3-5-10-20)13-14-24(30)26-19-8-6-11-21(16-19)33(31,32)28-23-12-7-15-25-23/h3-6,8-11,13-14,16H,7,12,15H2,1-2H3,(H,25,28)(H,26,30). The molecule has 0 saturated heterocycles. The van der Waals surface area contributed by atoms with E-state index in [1.807, 2.05) is 48.9 Å². The predicted molar refractivity (Wildman–Crippen MR) is 129 cm³/mol. The van der Waals surface area contributed by atoms with Crippen molar-refractivity contribution in [2.75, 3.05) is 11.9 Å². The molecule has 9 heteroatoms. The summed E-state index contributed by atoms with van der Waals surface area (Å²) in [4.78, 5) is 16.7. The number of aromatic nitrogens is 2. The van der Waals surface area contributed by atoms with Crippen molar-refractivity contribution in [2.24, 2.45) is 4.99 Å². The molecule has 1 aliphatic rings. The molecular formula is C24H25N5O3S. The van der Waals surface area contributed by atoms with Crippen molar-refractivity contribution in [1.29, 1.82) is 0 Å². The SMILES string of the molecule is Cc1nn(-c2ccccc2)c(C)c1C=CC(=O)Nc1cccc(S(=O)(=O)NC2=NCCC2)c1. The molecule has 1 aliphatic heterocycles. The van der Waals surface area contributed by atoms with E-state index in [2.05, 4.69) is 20.1 Å². The van der Waals surface area contributed by atoms with Gasteiger partial charge in [-0.1, -0.05) is 24.3 Å². The fraction of sp³-hybridized carbons (Fsp3) is 0.208. The summed E-state index contributed by atoms with van der Waals surface area (Å²) >= 11 is 0. The summed E-state index contributed by atoms with van der Waals surface area (Å²) in [7, 11) is -3.75. The van der Waals surface area contributed by atoms with Gasteiger partial charge in [0.2, 0.25) is 5.91 Å². The molecule has 2 aromatic carbocycles. The van der Waals surface area contributed by atoms with Crippen LogP contribution in [0.4, 0.5) is 5.69 Å². The Morgan fingerprint density at radius 3 is 2.61 bits per heavy atom. The zero-order valence-electron chi connectivity index (χ0n) is 18.4. The number of amides is 1. The Morgan fingerprint density at radius 1 is 1.09 bits per heavy atom. The van der Waals surface area contributed by atoms with Gasteiger partial charge in [-0.2, -0.15) is 5.10 Å². The van der Waals surface area contributed by atoms with Gasteiger partial charge in [-0.25, -0.2) is 13.1 Å². The van der Waals surface area contributed by atoms with Crippen molar-refractivity contribution in [3.8, 4) is 5.69 Å². The van der Waals surface area contributed by atoms with Gasteiger partial charge in [0, 0.05) is 36.0 Å². The van der Waals surface area contributed by atoms with Gasteiger partial charge in [-0.15, -0.1) is 0 Å². The van der Waals surface area contributed by atoms with E-state index in [4.69, 9.17) is 0 Å². The minimum absolute atomic E-state index is 0.0645. The number of sulfonamides is 1. The lowest BCUT2D eigenvalue weighted by Gasteiger charge is -2.09. The summed E-state index contributed by atoms with van der Waals surface area (Å²) in [6.07, 6.45) is 4.58. The number of aryl methyl sites for hydroxylation is 1. The van der Waals surface area contributed by atoms with E-state index in [0.717, 1.165) is 29.1 Å². The van der Waals surface area contributed by atoms with Crippen molar-refractivity contribution in [2.45, 2.75) is 31.6 Å². The van der Waals surface area contributed by atoms with Crippen LogP contribution in [0, 0.1) is 13.8 Å². The van der Waals surface area contributed by atoms with Gasteiger partial charge in [0.25, 0.3) is 10.0 Å². The summed E-state index contributed by atoms with van der Waals surface area (Å²) in [6.45, 7) is 4.46. The molecule has 0 radical (unpaired) electrons. The van der Waals surface area contributed by atoms with Crippen molar-refractivity contribution < 1.29 is 13.2 Å². The highest BCUT2D eigenvalue weighted by atomic mass is 32.2. The second-order valence-corrected chi connectivity index (χ2v) is 9.40. The van der Waals surface area contributed by atoms with E-state index < -0.39 is 10.0 Å². The molecule has 0 spiro atoms. The Morgan fingerprint density at radius 2 is 1.88 bits per heavy atom. The number of hydrogen-bond donors (Lipinski definition) is 2. The first-order chi connectivity index (χ1) is 15.8. The first kappa shape index (κ1) is 22.5. The number of hydrogen-bond acceptors (Lipinski definition) is 5. The lowest BCUT2D eigenvalue weighted by Crippen LogP contribution is -2.29. The molecule has 0 bridgehead atoms. The highest BCUT2D eigenvalue weighted by Crippen LogP contribution is 2.20. The van der Waals surface area contributed by atoms with E-state index in [9.17, 15) is 13.2 Å². The van der Waals surface area contributed by atoms with Crippen molar-refractivity contribution >= 4 is 33.5 Å². The Balaban J connectivity index is 1.48.